The van der Waals surface area contributed by atoms with E-state index in [9.17, 15) is 4.79 Å². The van der Waals surface area contributed by atoms with Crippen molar-refractivity contribution >= 4 is 5.97 Å². The second kappa shape index (κ2) is 4.79. The Bertz CT molecular complexity index is 261. The van der Waals surface area contributed by atoms with Crippen molar-refractivity contribution in [2.75, 3.05) is 7.11 Å². The van der Waals surface area contributed by atoms with Crippen molar-refractivity contribution in [1.29, 1.82) is 0 Å². The zero-order valence-corrected chi connectivity index (χ0v) is 10.0. The molecule has 15 heavy (non-hydrogen) atoms. The molecule has 1 rings (SSSR count). The summed E-state index contributed by atoms with van der Waals surface area (Å²) >= 11 is 0. The van der Waals surface area contributed by atoms with Gasteiger partial charge < -0.3 is 9.47 Å². The summed E-state index contributed by atoms with van der Waals surface area (Å²) in [6, 6.07) is 0. The molecule has 1 saturated carbocycles. The fraction of sp³-hybridized carbons (Fsp3) is 0.750. The Labute approximate surface area is 91.4 Å². The fourth-order valence-corrected chi connectivity index (χ4v) is 1.75. The van der Waals surface area contributed by atoms with Gasteiger partial charge in [0.25, 0.3) is 0 Å². The summed E-state index contributed by atoms with van der Waals surface area (Å²) in [7, 11) is 1.68. The number of carbonyl (C=O) groups excluding carboxylic acids is 1. The van der Waals surface area contributed by atoms with Gasteiger partial charge in [-0.3, -0.25) is 0 Å². The van der Waals surface area contributed by atoms with Crippen molar-refractivity contribution in [2.45, 2.75) is 51.7 Å². The van der Waals surface area contributed by atoms with Crippen LogP contribution >= 0.6 is 0 Å². The third-order valence-electron chi connectivity index (χ3n) is 2.34. The van der Waals surface area contributed by atoms with Gasteiger partial charge in [-0.25, -0.2) is 4.79 Å². The highest BCUT2D eigenvalue weighted by molar-refractivity contribution is 5.83. The average molecular weight is 212 g/mol. The van der Waals surface area contributed by atoms with Gasteiger partial charge in [0.1, 0.15) is 5.60 Å². The minimum Gasteiger partial charge on any atom is -0.457 e. The third kappa shape index (κ3) is 4.04. The molecular formula is C12H20O3. The molecule has 0 aromatic rings. The third-order valence-corrected chi connectivity index (χ3v) is 2.34. The first kappa shape index (κ1) is 12.2. The highest BCUT2D eigenvalue weighted by Gasteiger charge is 2.22. The molecule has 3 heteroatoms. The maximum Gasteiger partial charge on any atom is 0.331 e. The SMILES string of the molecule is COC1CCC/C1=C/C(=O)OC(C)(C)C. The summed E-state index contributed by atoms with van der Waals surface area (Å²) in [6.07, 6.45) is 4.74. The first-order valence-corrected chi connectivity index (χ1v) is 5.38. The van der Waals surface area contributed by atoms with Crippen LogP contribution in [0.15, 0.2) is 11.6 Å². The summed E-state index contributed by atoms with van der Waals surface area (Å²) < 4.78 is 10.5. The zero-order valence-electron chi connectivity index (χ0n) is 10.0. The van der Waals surface area contributed by atoms with E-state index in [2.05, 4.69) is 0 Å². The van der Waals surface area contributed by atoms with Gasteiger partial charge >= 0.3 is 5.97 Å². The molecule has 1 atom stereocenters. The van der Waals surface area contributed by atoms with E-state index in [4.69, 9.17) is 9.47 Å². The van der Waals surface area contributed by atoms with Crippen LogP contribution in [0.25, 0.3) is 0 Å². The molecule has 86 valence electrons. The zero-order chi connectivity index (χ0) is 11.5. The molecule has 3 nitrogen and oxygen atoms in total. The van der Waals surface area contributed by atoms with Crippen molar-refractivity contribution in [2.24, 2.45) is 0 Å². The Morgan fingerprint density at radius 2 is 2.13 bits per heavy atom. The largest absolute Gasteiger partial charge is 0.457 e. The molecule has 0 amide bonds. The summed E-state index contributed by atoms with van der Waals surface area (Å²) in [5.41, 5.74) is 0.640. The average Bonchev–Trinajstić information content (AvgIpc) is 2.48. The second-order valence-corrected chi connectivity index (χ2v) is 4.87. The molecule has 0 aliphatic heterocycles. The van der Waals surface area contributed by atoms with Crippen LogP contribution in [0.1, 0.15) is 40.0 Å². The van der Waals surface area contributed by atoms with Crippen LogP contribution < -0.4 is 0 Å². The molecule has 1 aliphatic carbocycles. The van der Waals surface area contributed by atoms with Gasteiger partial charge in [-0.15, -0.1) is 0 Å². The van der Waals surface area contributed by atoms with E-state index >= 15 is 0 Å². The molecule has 1 fully saturated rings. The van der Waals surface area contributed by atoms with Gasteiger partial charge in [-0.1, -0.05) is 0 Å². The molecular weight excluding hydrogens is 192 g/mol. The molecule has 0 bridgehead atoms. The minimum absolute atomic E-state index is 0.109. The summed E-state index contributed by atoms with van der Waals surface area (Å²) in [5, 5.41) is 0. The number of ether oxygens (including phenoxy) is 2. The van der Waals surface area contributed by atoms with Crippen molar-refractivity contribution in [3.05, 3.63) is 11.6 Å². The van der Waals surface area contributed by atoms with Crippen molar-refractivity contribution in [3.63, 3.8) is 0 Å². The number of rotatable bonds is 2. The van der Waals surface area contributed by atoms with E-state index < -0.39 is 5.60 Å². The number of hydrogen-bond acceptors (Lipinski definition) is 3. The van der Waals surface area contributed by atoms with E-state index in [-0.39, 0.29) is 12.1 Å². The van der Waals surface area contributed by atoms with Crippen molar-refractivity contribution < 1.29 is 14.3 Å². The summed E-state index contributed by atoms with van der Waals surface area (Å²) in [4.78, 5) is 11.5. The summed E-state index contributed by atoms with van der Waals surface area (Å²) in [5.74, 6) is -0.263. The first-order valence-electron chi connectivity index (χ1n) is 5.38. The molecule has 1 aliphatic rings. The van der Waals surface area contributed by atoms with Crippen LogP contribution in [0.4, 0.5) is 0 Å². The standard InChI is InChI=1S/C12H20O3/c1-12(2,3)15-11(13)8-9-6-5-7-10(9)14-4/h8,10H,5-7H2,1-4H3/b9-8-. The summed E-state index contributed by atoms with van der Waals surface area (Å²) in [6.45, 7) is 5.60. The Morgan fingerprint density at radius 3 is 2.67 bits per heavy atom. The Kier molecular flexibility index (Phi) is 3.91. The molecule has 0 aromatic heterocycles. The predicted octanol–water partition coefficient (Wildman–Crippen LogP) is 2.45. The molecule has 0 N–H and O–H groups in total. The number of methoxy groups -OCH3 is 1. The maximum atomic E-state index is 11.5. The van der Waals surface area contributed by atoms with Gasteiger partial charge in [0.15, 0.2) is 0 Å². The molecule has 0 saturated heterocycles. The van der Waals surface area contributed by atoms with Crippen LogP contribution in [0.3, 0.4) is 0 Å². The number of esters is 1. The lowest BCUT2D eigenvalue weighted by Gasteiger charge is -2.18. The van der Waals surface area contributed by atoms with Crippen molar-refractivity contribution in [3.8, 4) is 0 Å². The molecule has 0 heterocycles. The van der Waals surface area contributed by atoms with Crippen LogP contribution in [-0.4, -0.2) is 24.8 Å². The predicted molar refractivity (Wildman–Crippen MR) is 58.6 cm³/mol. The van der Waals surface area contributed by atoms with Gasteiger partial charge in [0.05, 0.1) is 6.10 Å². The normalized spacial score (nSPS) is 24.5. The van der Waals surface area contributed by atoms with E-state index in [0.717, 1.165) is 24.8 Å². The molecule has 0 aromatic carbocycles. The van der Waals surface area contributed by atoms with Gasteiger partial charge in [-0.2, -0.15) is 0 Å². The van der Waals surface area contributed by atoms with E-state index in [1.54, 1.807) is 13.2 Å². The quantitative estimate of drug-likeness (QED) is 0.521. The van der Waals surface area contributed by atoms with Crippen LogP contribution in [-0.2, 0) is 14.3 Å². The maximum absolute atomic E-state index is 11.5. The minimum atomic E-state index is -0.421. The molecule has 0 radical (unpaired) electrons. The van der Waals surface area contributed by atoms with Crippen LogP contribution in [0.5, 0.6) is 0 Å². The fourth-order valence-electron chi connectivity index (χ4n) is 1.75. The lowest BCUT2D eigenvalue weighted by Crippen LogP contribution is -2.23. The Morgan fingerprint density at radius 1 is 1.47 bits per heavy atom. The lowest BCUT2D eigenvalue weighted by atomic mass is 10.1. The molecule has 0 spiro atoms. The molecule has 1 unspecified atom stereocenters. The topological polar surface area (TPSA) is 35.5 Å². The van der Waals surface area contributed by atoms with Gasteiger partial charge in [0, 0.05) is 13.2 Å². The van der Waals surface area contributed by atoms with Gasteiger partial charge in [0.2, 0.25) is 0 Å². The first-order chi connectivity index (χ1) is 6.92. The highest BCUT2D eigenvalue weighted by atomic mass is 16.6. The van der Waals surface area contributed by atoms with Crippen LogP contribution in [0, 0.1) is 0 Å². The second-order valence-electron chi connectivity index (χ2n) is 4.87. The van der Waals surface area contributed by atoms with Crippen molar-refractivity contribution in [1.82, 2.24) is 0 Å². The Hall–Kier alpha value is -0.830. The van der Waals surface area contributed by atoms with E-state index in [1.165, 1.54) is 0 Å². The smallest absolute Gasteiger partial charge is 0.331 e. The van der Waals surface area contributed by atoms with E-state index in [1.807, 2.05) is 20.8 Å². The van der Waals surface area contributed by atoms with Gasteiger partial charge in [-0.05, 0) is 45.6 Å². The highest BCUT2D eigenvalue weighted by Crippen LogP contribution is 2.27. The number of hydrogen-bond donors (Lipinski definition) is 0. The number of carbonyl (C=O) groups is 1. The Balaban J connectivity index is 2.58. The lowest BCUT2D eigenvalue weighted by molar-refractivity contribution is -0.148. The monoisotopic (exact) mass is 212 g/mol. The van der Waals surface area contributed by atoms with E-state index in [0.29, 0.717) is 0 Å². The van der Waals surface area contributed by atoms with Crippen LogP contribution in [0.2, 0.25) is 0 Å².